The summed E-state index contributed by atoms with van der Waals surface area (Å²) in [6, 6.07) is 10.6. The van der Waals surface area contributed by atoms with Gasteiger partial charge in [0.25, 0.3) is 0 Å². The minimum Gasteiger partial charge on any atom is -0.490 e. The van der Waals surface area contributed by atoms with Gasteiger partial charge >= 0.3 is 0 Å². The average molecular weight is 416 g/mol. The van der Waals surface area contributed by atoms with Crippen LogP contribution in [0.1, 0.15) is 22.4 Å². The first-order valence-corrected chi connectivity index (χ1v) is 8.34. The highest BCUT2D eigenvalue weighted by Gasteiger charge is 2.17. The van der Waals surface area contributed by atoms with E-state index in [0.717, 1.165) is 33.5 Å². The molecule has 0 bridgehead atoms. The summed E-state index contributed by atoms with van der Waals surface area (Å²) in [6.07, 6.45) is 0.880. The van der Waals surface area contributed by atoms with E-state index in [0.29, 0.717) is 13.2 Å². The summed E-state index contributed by atoms with van der Waals surface area (Å²) in [5, 5.41) is 0. The number of halogens is 3. The van der Waals surface area contributed by atoms with Crippen LogP contribution in [0.5, 0.6) is 11.5 Å². The first kappa shape index (κ1) is 14.9. The molecule has 110 valence electrons. The summed E-state index contributed by atoms with van der Waals surface area (Å²) in [5.41, 5.74) is 2.00. The molecule has 5 heteroatoms. The third kappa shape index (κ3) is 3.24. The van der Waals surface area contributed by atoms with Crippen LogP contribution < -0.4 is 9.47 Å². The Balaban J connectivity index is 1.94. The van der Waals surface area contributed by atoms with Gasteiger partial charge in [-0.2, -0.15) is 0 Å². The largest absolute Gasteiger partial charge is 0.490 e. The molecule has 21 heavy (non-hydrogen) atoms. The number of benzene rings is 2. The van der Waals surface area contributed by atoms with Crippen molar-refractivity contribution in [1.82, 2.24) is 0 Å². The number of alkyl halides is 1. The fourth-order valence-corrected chi connectivity index (χ4v) is 3.80. The molecule has 0 aliphatic carbocycles. The molecule has 0 aromatic heterocycles. The van der Waals surface area contributed by atoms with Gasteiger partial charge in [0.15, 0.2) is 11.5 Å². The van der Waals surface area contributed by atoms with Crippen LogP contribution in [0.2, 0.25) is 0 Å². The number of fused-ring (bicyclic) bond motifs is 1. The summed E-state index contributed by atoms with van der Waals surface area (Å²) in [6.45, 7) is 1.33. The predicted octanol–water partition coefficient (Wildman–Crippen LogP) is 5.23. The van der Waals surface area contributed by atoms with E-state index in [4.69, 9.17) is 9.47 Å². The molecular formula is C16H13Br2FO2. The Kier molecular flexibility index (Phi) is 4.50. The van der Waals surface area contributed by atoms with E-state index in [1.165, 1.54) is 12.1 Å². The molecule has 1 aliphatic rings. The standard InChI is InChI=1S/C16H13Br2FO2/c17-13-9-11(19)3-4-12(13)16(18)10-2-5-14-15(8-10)21-7-1-6-20-14/h2-5,8-9,16H,1,6-7H2. The van der Waals surface area contributed by atoms with Crippen LogP contribution in [0.25, 0.3) is 0 Å². The lowest BCUT2D eigenvalue weighted by Crippen LogP contribution is -1.98. The summed E-state index contributed by atoms with van der Waals surface area (Å²) >= 11 is 7.07. The zero-order chi connectivity index (χ0) is 14.8. The molecule has 0 N–H and O–H groups in total. The summed E-state index contributed by atoms with van der Waals surface area (Å²) < 4.78 is 25.3. The van der Waals surface area contributed by atoms with E-state index < -0.39 is 0 Å². The molecule has 2 aromatic rings. The molecular weight excluding hydrogens is 403 g/mol. The molecule has 1 aliphatic heterocycles. The van der Waals surface area contributed by atoms with Crippen LogP contribution >= 0.6 is 31.9 Å². The van der Waals surface area contributed by atoms with Gasteiger partial charge in [-0.05, 0) is 35.4 Å². The third-order valence-electron chi connectivity index (χ3n) is 3.30. The van der Waals surface area contributed by atoms with E-state index in [1.54, 1.807) is 6.07 Å². The average Bonchev–Trinajstić information content (AvgIpc) is 2.71. The van der Waals surface area contributed by atoms with E-state index in [1.807, 2.05) is 18.2 Å². The van der Waals surface area contributed by atoms with Crippen LogP contribution in [-0.4, -0.2) is 13.2 Å². The fraction of sp³-hybridized carbons (Fsp3) is 0.250. The van der Waals surface area contributed by atoms with Gasteiger partial charge in [0.1, 0.15) is 5.82 Å². The highest BCUT2D eigenvalue weighted by atomic mass is 79.9. The predicted molar refractivity (Wildman–Crippen MR) is 86.9 cm³/mol. The lowest BCUT2D eigenvalue weighted by Gasteiger charge is -2.15. The Morgan fingerprint density at radius 2 is 1.76 bits per heavy atom. The Labute approximate surface area is 139 Å². The zero-order valence-corrected chi connectivity index (χ0v) is 14.3. The summed E-state index contributed by atoms with van der Waals surface area (Å²) in [5.74, 6) is 1.27. The van der Waals surface area contributed by atoms with E-state index >= 15 is 0 Å². The second-order valence-corrected chi connectivity index (χ2v) is 6.56. The molecule has 1 unspecified atom stereocenters. The van der Waals surface area contributed by atoms with Crippen molar-refractivity contribution < 1.29 is 13.9 Å². The summed E-state index contributed by atoms with van der Waals surface area (Å²) in [4.78, 5) is -0.0513. The Morgan fingerprint density at radius 1 is 1.00 bits per heavy atom. The van der Waals surface area contributed by atoms with Crippen molar-refractivity contribution in [3.8, 4) is 11.5 Å². The van der Waals surface area contributed by atoms with E-state index in [2.05, 4.69) is 31.9 Å². The summed E-state index contributed by atoms with van der Waals surface area (Å²) in [7, 11) is 0. The van der Waals surface area contributed by atoms with Crippen LogP contribution in [0, 0.1) is 5.82 Å². The lowest BCUT2D eigenvalue weighted by molar-refractivity contribution is 0.297. The normalized spacial score (nSPS) is 15.4. The van der Waals surface area contributed by atoms with Gasteiger partial charge in [-0.1, -0.05) is 44.0 Å². The lowest BCUT2D eigenvalue weighted by atomic mass is 10.0. The molecule has 0 amide bonds. The van der Waals surface area contributed by atoms with Gasteiger partial charge in [0, 0.05) is 10.9 Å². The van der Waals surface area contributed by atoms with Crippen LogP contribution in [0.3, 0.4) is 0 Å². The molecule has 0 saturated carbocycles. The van der Waals surface area contributed by atoms with Crippen LogP contribution in [-0.2, 0) is 0 Å². The molecule has 3 rings (SSSR count). The minimum atomic E-state index is -0.260. The van der Waals surface area contributed by atoms with Crippen LogP contribution in [0.15, 0.2) is 40.9 Å². The second kappa shape index (κ2) is 6.36. The van der Waals surface area contributed by atoms with E-state index in [9.17, 15) is 4.39 Å². The number of hydrogen-bond acceptors (Lipinski definition) is 2. The third-order valence-corrected chi connectivity index (χ3v) is 5.01. The molecule has 2 nitrogen and oxygen atoms in total. The van der Waals surface area contributed by atoms with Gasteiger partial charge in [-0.25, -0.2) is 4.39 Å². The maximum Gasteiger partial charge on any atom is 0.161 e. The smallest absolute Gasteiger partial charge is 0.161 e. The molecule has 0 spiro atoms. The zero-order valence-electron chi connectivity index (χ0n) is 11.1. The number of hydrogen-bond donors (Lipinski definition) is 0. The highest BCUT2D eigenvalue weighted by Crippen LogP contribution is 2.39. The van der Waals surface area contributed by atoms with Crippen molar-refractivity contribution in [2.45, 2.75) is 11.2 Å². The second-order valence-electron chi connectivity index (χ2n) is 4.79. The SMILES string of the molecule is Fc1ccc(C(Br)c2ccc3c(c2)OCCCO3)c(Br)c1. The first-order chi connectivity index (χ1) is 10.1. The number of rotatable bonds is 2. The van der Waals surface area contributed by atoms with Gasteiger partial charge in [-0.3, -0.25) is 0 Å². The molecule has 0 radical (unpaired) electrons. The van der Waals surface area contributed by atoms with Crippen molar-refractivity contribution >= 4 is 31.9 Å². The quantitative estimate of drug-likeness (QED) is 0.625. The number of ether oxygens (including phenoxy) is 2. The van der Waals surface area contributed by atoms with Crippen molar-refractivity contribution in [1.29, 1.82) is 0 Å². The van der Waals surface area contributed by atoms with Gasteiger partial charge in [0.2, 0.25) is 0 Å². The molecule has 0 fully saturated rings. The highest BCUT2D eigenvalue weighted by molar-refractivity contribution is 9.11. The molecule has 1 heterocycles. The van der Waals surface area contributed by atoms with Crippen LogP contribution in [0.4, 0.5) is 4.39 Å². The molecule has 1 atom stereocenters. The molecule has 2 aromatic carbocycles. The Morgan fingerprint density at radius 3 is 2.52 bits per heavy atom. The first-order valence-electron chi connectivity index (χ1n) is 6.64. The van der Waals surface area contributed by atoms with Crippen molar-refractivity contribution in [3.05, 3.63) is 57.8 Å². The van der Waals surface area contributed by atoms with E-state index in [-0.39, 0.29) is 10.6 Å². The Hall–Kier alpha value is -1.07. The Bertz CT molecular complexity index is 661. The van der Waals surface area contributed by atoms with Crippen molar-refractivity contribution in [2.75, 3.05) is 13.2 Å². The topological polar surface area (TPSA) is 18.5 Å². The molecule has 0 saturated heterocycles. The van der Waals surface area contributed by atoms with Crippen molar-refractivity contribution in [2.24, 2.45) is 0 Å². The van der Waals surface area contributed by atoms with Gasteiger partial charge in [-0.15, -0.1) is 0 Å². The van der Waals surface area contributed by atoms with Gasteiger partial charge in [0.05, 0.1) is 18.0 Å². The maximum absolute atomic E-state index is 13.2. The monoisotopic (exact) mass is 414 g/mol. The van der Waals surface area contributed by atoms with Gasteiger partial charge < -0.3 is 9.47 Å². The van der Waals surface area contributed by atoms with Crippen molar-refractivity contribution in [3.63, 3.8) is 0 Å². The maximum atomic E-state index is 13.2. The fourth-order valence-electron chi connectivity index (χ4n) is 2.22. The minimum absolute atomic E-state index is 0.0513.